The van der Waals surface area contributed by atoms with Gasteiger partial charge >= 0.3 is 5.97 Å². The minimum Gasteiger partial charge on any atom is -0.497 e. The first-order chi connectivity index (χ1) is 17.1. The highest BCUT2D eigenvalue weighted by atomic mass is 16.5. The molecule has 4 aromatic rings. The molecule has 0 aliphatic heterocycles. The Balaban J connectivity index is 1.58. The topological polar surface area (TPSA) is 72.9 Å². The van der Waals surface area contributed by atoms with Gasteiger partial charge in [0.2, 0.25) is 0 Å². The van der Waals surface area contributed by atoms with E-state index in [1.54, 1.807) is 42.5 Å². The van der Waals surface area contributed by atoms with Gasteiger partial charge in [0.05, 0.1) is 18.2 Å². The Labute approximate surface area is 203 Å². The summed E-state index contributed by atoms with van der Waals surface area (Å²) in [5.41, 5.74) is 1.95. The fourth-order valence-electron chi connectivity index (χ4n) is 3.57. The highest BCUT2D eigenvalue weighted by Crippen LogP contribution is 2.28. The number of hydrogen-bond donors (Lipinski definition) is 0. The zero-order valence-corrected chi connectivity index (χ0v) is 19.1. The summed E-state index contributed by atoms with van der Waals surface area (Å²) in [5.74, 6) is -0.888. The molecule has 0 aromatic heterocycles. The molecule has 0 saturated heterocycles. The van der Waals surface area contributed by atoms with Gasteiger partial charge in [0.25, 0.3) is 5.91 Å². The number of ether oxygens (including phenoxy) is 2. The zero-order valence-electron chi connectivity index (χ0n) is 19.1. The first kappa shape index (κ1) is 23.4. The Morgan fingerprint density at radius 3 is 1.71 bits per heavy atom. The fourth-order valence-corrected chi connectivity index (χ4v) is 3.57. The van der Waals surface area contributed by atoms with Crippen LogP contribution in [0.25, 0.3) is 0 Å². The molecule has 6 heteroatoms. The summed E-state index contributed by atoms with van der Waals surface area (Å²) in [6, 6.07) is 31.3. The number of rotatable bonds is 8. The van der Waals surface area contributed by atoms with Gasteiger partial charge in [0, 0.05) is 16.9 Å². The van der Waals surface area contributed by atoms with Crippen molar-refractivity contribution < 1.29 is 23.9 Å². The van der Waals surface area contributed by atoms with E-state index in [0.717, 1.165) is 0 Å². The van der Waals surface area contributed by atoms with Crippen molar-refractivity contribution >= 4 is 29.0 Å². The number of hydrogen-bond acceptors (Lipinski definition) is 5. The highest BCUT2D eigenvalue weighted by molar-refractivity contribution is 6.15. The van der Waals surface area contributed by atoms with Crippen LogP contribution in [0.15, 0.2) is 109 Å². The highest BCUT2D eigenvalue weighted by Gasteiger charge is 2.25. The number of anilines is 2. The van der Waals surface area contributed by atoms with Crippen LogP contribution in [0.3, 0.4) is 0 Å². The van der Waals surface area contributed by atoms with E-state index in [2.05, 4.69) is 0 Å². The van der Waals surface area contributed by atoms with Crippen molar-refractivity contribution in [2.75, 3.05) is 18.6 Å². The number of ketones is 1. The van der Waals surface area contributed by atoms with E-state index in [9.17, 15) is 14.4 Å². The Bertz CT molecular complexity index is 1280. The predicted molar refractivity (Wildman–Crippen MR) is 133 cm³/mol. The maximum atomic E-state index is 13.7. The Hall–Kier alpha value is -4.71. The van der Waals surface area contributed by atoms with Crippen LogP contribution in [0.5, 0.6) is 5.75 Å². The average Bonchev–Trinajstić information content (AvgIpc) is 2.93. The largest absolute Gasteiger partial charge is 0.497 e. The van der Waals surface area contributed by atoms with Crippen molar-refractivity contribution in [3.8, 4) is 5.75 Å². The molecule has 174 valence electrons. The maximum absolute atomic E-state index is 13.7. The van der Waals surface area contributed by atoms with Gasteiger partial charge in [-0.2, -0.15) is 0 Å². The monoisotopic (exact) mass is 465 g/mol. The molecule has 0 atom stereocenters. The number of Topliss-reactive ketones (excluding diaryl/α,β-unsaturated/α-hetero) is 1. The van der Waals surface area contributed by atoms with Crippen molar-refractivity contribution in [2.24, 2.45) is 0 Å². The molecule has 0 fully saturated rings. The summed E-state index contributed by atoms with van der Waals surface area (Å²) >= 11 is 0. The first-order valence-electron chi connectivity index (χ1n) is 11.0. The molecule has 0 saturated carbocycles. The number of carbonyl (C=O) groups excluding carboxylic acids is 3. The van der Waals surface area contributed by atoms with Crippen LogP contribution in [0.1, 0.15) is 31.1 Å². The number of esters is 1. The molecule has 0 bridgehead atoms. The molecular weight excluding hydrogens is 442 g/mol. The number of amides is 1. The Kier molecular flexibility index (Phi) is 7.33. The normalized spacial score (nSPS) is 10.3. The second kappa shape index (κ2) is 10.9. The summed E-state index contributed by atoms with van der Waals surface area (Å²) in [4.78, 5) is 40.7. The molecule has 4 aromatic carbocycles. The van der Waals surface area contributed by atoms with E-state index in [0.29, 0.717) is 22.7 Å². The van der Waals surface area contributed by atoms with Crippen molar-refractivity contribution in [1.29, 1.82) is 0 Å². The third-order valence-electron chi connectivity index (χ3n) is 5.36. The minimum absolute atomic E-state index is 0.0805. The van der Waals surface area contributed by atoms with Crippen LogP contribution in [0.2, 0.25) is 0 Å². The summed E-state index contributed by atoms with van der Waals surface area (Å²) in [5, 5.41) is 0. The van der Waals surface area contributed by atoms with Crippen LogP contribution in [0, 0.1) is 0 Å². The van der Waals surface area contributed by atoms with Gasteiger partial charge in [-0.15, -0.1) is 0 Å². The van der Waals surface area contributed by atoms with E-state index < -0.39 is 18.5 Å². The van der Waals surface area contributed by atoms with Crippen molar-refractivity contribution in [3.63, 3.8) is 0 Å². The summed E-state index contributed by atoms with van der Waals surface area (Å²) in [7, 11) is 1.54. The standard InChI is InChI=1S/C29H23NO5/c1-34-24-18-16-21(17-19-24)27(31)20-35-29(33)26-15-9-8-14-25(26)28(32)30(22-10-4-2-5-11-22)23-12-6-3-7-13-23/h2-19H,20H2,1H3. The lowest BCUT2D eigenvalue weighted by atomic mass is 10.1. The van der Waals surface area contributed by atoms with Crippen LogP contribution in [-0.4, -0.2) is 31.4 Å². The molecule has 0 aliphatic rings. The number of benzene rings is 4. The maximum Gasteiger partial charge on any atom is 0.339 e. The van der Waals surface area contributed by atoms with Gasteiger partial charge in [-0.3, -0.25) is 14.5 Å². The molecule has 0 N–H and O–H groups in total. The van der Waals surface area contributed by atoms with Crippen molar-refractivity contribution in [2.45, 2.75) is 0 Å². The van der Waals surface area contributed by atoms with Crippen LogP contribution >= 0.6 is 0 Å². The fraction of sp³-hybridized carbons (Fsp3) is 0.0690. The molecule has 6 nitrogen and oxygen atoms in total. The lowest BCUT2D eigenvalue weighted by molar-refractivity contribution is 0.0472. The molecule has 0 unspecified atom stereocenters. The second-order valence-corrected chi connectivity index (χ2v) is 7.59. The predicted octanol–water partition coefficient (Wildman–Crippen LogP) is 5.71. The van der Waals surface area contributed by atoms with E-state index in [4.69, 9.17) is 9.47 Å². The number of carbonyl (C=O) groups is 3. The third kappa shape index (κ3) is 5.45. The van der Waals surface area contributed by atoms with Crippen molar-refractivity contribution in [1.82, 2.24) is 0 Å². The SMILES string of the molecule is COc1ccc(C(=O)COC(=O)c2ccccc2C(=O)N(c2ccccc2)c2ccccc2)cc1. The summed E-state index contributed by atoms with van der Waals surface area (Å²) in [6.45, 7) is -0.450. The molecular formula is C29H23NO5. The molecule has 0 heterocycles. The van der Waals surface area contributed by atoms with Crippen LogP contribution < -0.4 is 9.64 Å². The molecule has 0 aliphatic carbocycles. The quantitative estimate of drug-likeness (QED) is 0.246. The number of methoxy groups -OCH3 is 1. The van der Waals surface area contributed by atoms with Gasteiger partial charge in [0.1, 0.15) is 5.75 Å². The van der Waals surface area contributed by atoms with Gasteiger partial charge in [-0.05, 0) is 60.7 Å². The van der Waals surface area contributed by atoms with Gasteiger partial charge in [0.15, 0.2) is 12.4 Å². The van der Waals surface area contributed by atoms with Gasteiger partial charge in [-0.25, -0.2) is 4.79 Å². The first-order valence-corrected chi connectivity index (χ1v) is 11.0. The van der Waals surface area contributed by atoms with Crippen LogP contribution in [-0.2, 0) is 4.74 Å². The minimum atomic E-state index is -0.753. The summed E-state index contributed by atoms with van der Waals surface area (Å²) in [6.07, 6.45) is 0. The smallest absolute Gasteiger partial charge is 0.339 e. The summed E-state index contributed by atoms with van der Waals surface area (Å²) < 4.78 is 10.4. The van der Waals surface area contributed by atoms with Crippen molar-refractivity contribution in [3.05, 3.63) is 126 Å². The van der Waals surface area contributed by atoms with E-state index >= 15 is 0 Å². The second-order valence-electron chi connectivity index (χ2n) is 7.59. The van der Waals surface area contributed by atoms with E-state index in [-0.39, 0.29) is 16.9 Å². The molecule has 0 radical (unpaired) electrons. The number of nitrogens with zero attached hydrogens (tertiary/aromatic N) is 1. The average molecular weight is 466 g/mol. The zero-order chi connectivity index (χ0) is 24.6. The molecule has 4 rings (SSSR count). The van der Waals surface area contributed by atoms with Crippen LogP contribution in [0.4, 0.5) is 11.4 Å². The van der Waals surface area contributed by atoms with E-state index in [1.165, 1.54) is 18.1 Å². The Morgan fingerprint density at radius 1 is 0.657 bits per heavy atom. The molecule has 1 amide bonds. The lowest BCUT2D eigenvalue weighted by Gasteiger charge is -2.24. The number of para-hydroxylation sites is 2. The Morgan fingerprint density at radius 2 is 1.17 bits per heavy atom. The molecule has 35 heavy (non-hydrogen) atoms. The third-order valence-corrected chi connectivity index (χ3v) is 5.36. The van der Waals surface area contributed by atoms with E-state index in [1.807, 2.05) is 60.7 Å². The molecule has 0 spiro atoms. The van der Waals surface area contributed by atoms with Gasteiger partial charge in [-0.1, -0.05) is 48.5 Å². The lowest BCUT2D eigenvalue weighted by Crippen LogP contribution is -2.28. The van der Waals surface area contributed by atoms with Gasteiger partial charge < -0.3 is 9.47 Å².